The monoisotopic (exact) mass is 449 g/mol. The first-order valence-electron chi connectivity index (χ1n) is 10.8. The number of rotatable bonds is 6. The summed E-state index contributed by atoms with van der Waals surface area (Å²) in [6, 6.07) is 10.7. The van der Waals surface area contributed by atoms with Crippen LogP contribution in [0.15, 0.2) is 48.4 Å². The molecular formula is C26H27NO6. The molecule has 0 spiro atoms. The molecule has 1 aliphatic rings. The Labute approximate surface area is 192 Å². The van der Waals surface area contributed by atoms with Crippen LogP contribution in [0.25, 0.3) is 17.0 Å². The van der Waals surface area contributed by atoms with Gasteiger partial charge >= 0.3 is 5.97 Å². The van der Waals surface area contributed by atoms with Crippen LogP contribution in [-0.4, -0.2) is 35.6 Å². The summed E-state index contributed by atoms with van der Waals surface area (Å²) in [5.74, 6) is 1.11. The van der Waals surface area contributed by atoms with E-state index < -0.39 is 11.6 Å². The summed E-state index contributed by atoms with van der Waals surface area (Å²) >= 11 is 0. The third kappa shape index (κ3) is 4.72. The zero-order chi connectivity index (χ0) is 23.8. The number of allylic oxidation sites excluding steroid dienone is 1. The first-order chi connectivity index (χ1) is 15.7. The van der Waals surface area contributed by atoms with E-state index in [1.54, 1.807) is 52.2 Å². The highest BCUT2D eigenvalue weighted by atomic mass is 16.6. The Morgan fingerprint density at radius 3 is 2.58 bits per heavy atom. The number of benzene rings is 2. The largest absolute Gasteiger partial charge is 0.497 e. The van der Waals surface area contributed by atoms with E-state index in [1.807, 2.05) is 24.4 Å². The van der Waals surface area contributed by atoms with Gasteiger partial charge in [-0.05, 0) is 64.1 Å². The van der Waals surface area contributed by atoms with Crippen LogP contribution in [0.5, 0.6) is 17.2 Å². The topological polar surface area (TPSA) is 76.0 Å². The van der Waals surface area contributed by atoms with Crippen molar-refractivity contribution in [2.45, 2.75) is 39.8 Å². The number of esters is 1. The molecule has 172 valence electrons. The highest BCUT2D eigenvalue weighted by Gasteiger charge is 2.28. The predicted octanol–water partition coefficient (Wildman–Crippen LogP) is 5.01. The van der Waals surface area contributed by atoms with E-state index in [2.05, 4.69) is 11.5 Å². The number of Topliss-reactive ketones (excluding diaryl/α,β-unsaturated/α-hetero) is 1. The number of aromatic nitrogens is 1. The van der Waals surface area contributed by atoms with E-state index in [0.29, 0.717) is 17.1 Å². The molecule has 3 aromatic rings. The second-order valence-corrected chi connectivity index (χ2v) is 8.73. The number of ether oxygens (including phenoxy) is 4. The molecule has 0 saturated heterocycles. The summed E-state index contributed by atoms with van der Waals surface area (Å²) in [5, 5.41) is 0.970. The quantitative estimate of drug-likeness (QED) is 0.389. The van der Waals surface area contributed by atoms with Crippen molar-refractivity contribution in [3.8, 4) is 17.2 Å². The Kier molecular flexibility index (Phi) is 5.89. The lowest BCUT2D eigenvalue weighted by atomic mass is 10.1. The highest BCUT2D eigenvalue weighted by Crippen LogP contribution is 2.36. The van der Waals surface area contributed by atoms with Gasteiger partial charge in [0.2, 0.25) is 5.78 Å². The molecular weight excluding hydrogens is 422 g/mol. The van der Waals surface area contributed by atoms with Crippen LogP contribution in [0.3, 0.4) is 0 Å². The summed E-state index contributed by atoms with van der Waals surface area (Å²) in [6.07, 6.45) is 3.74. The summed E-state index contributed by atoms with van der Waals surface area (Å²) in [7, 11) is 1.62. The molecule has 1 aliphatic heterocycles. The van der Waals surface area contributed by atoms with Gasteiger partial charge in [-0.15, -0.1) is 0 Å². The Morgan fingerprint density at radius 2 is 1.88 bits per heavy atom. The van der Waals surface area contributed by atoms with Gasteiger partial charge in [-0.1, -0.05) is 0 Å². The van der Waals surface area contributed by atoms with E-state index in [1.165, 1.54) is 0 Å². The van der Waals surface area contributed by atoms with Gasteiger partial charge in [0, 0.05) is 35.3 Å². The number of carbonyl (C=O) groups excluding carboxylic acids is 2. The fourth-order valence-electron chi connectivity index (χ4n) is 3.72. The number of aryl methyl sites for hydroxylation is 1. The van der Waals surface area contributed by atoms with Crippen molar-refractivity contribution >= 4 is 28.7 Å². The molecule has 0 N–H and O–H groups in total. The van der Waals surface area contributed by atoms with Gasteiger partial charge < -0.3 is 23.5 Å². The molecule has 2 aromatic carbocycles. The number of methoxy groups -OCH3 is 1. The van der Waals surface area contributed by atoms with Crippen molar-refractivity contribution < 1.29 is 28.5 Å². The number of hydrogen-bond acceptors (Lipinski definition) is 6. The lowest BCUT2D eigenvalue weighted by Crippen LogP contribution is -2.27. The molecule has 0 amide bonds. The van der Waals surface area contributed by atoms with E-state index in [4.69, 9.17) is 18.9 Å². The minimum absolute atomic E-state index is 0.205. The molecule has 4 rings (SSSR count). The zero-order valence-corrected chi connectivity index (χ0v) is 19.4. The van der Waals surface area contributed by atoms with Crippen molar-refractivity contribution in [3.63, 3.8) is 0 Å². The first kappa shape index (κ1) is 22.5. The number of ketones is 1. The van der Waals surface area contributed by atoms with Gasteiger partial charge in [-0.3, -0.25) is 4.79 Å². The second-order valence-electron chi connectivity index (χ2n) is 8.73. The van der Waals surface area contributed by atoms with Crippen LogP contribution < -0.4 is 14.2 Å². The van der Waals surface area contributed by atoms with Crippen molar-refractivity contribution in [2.24, 2.45) is 0 Å². The highest BCUT2D eigenvalue weighted by molar-refractivity contribution is 6.15. The molecule has 0 aliphatic carbocycles. The second kappa shape index (κ2) is 8.65. The van der Waals surface area contributed by atoms with Gasteiger partial charge in [0.1, 0.15) is 22.8 Å². The maximum absolute atomic E-state index is 12.9. The van der Waals surface area contributed by atoms with Crippen molar-refractivity contribution in [2.75, 3.05) is 13.7 Å². The standard InChI is InChI=1S/C26H27NO6/c1-6-27-14-16(20-12-17(30-5)8-10-21(20)27)11-23-25(29)19-9-7-18(13-22(19)32-23)31-15-24(28)33-26(2,3)4/h7-14H,6,15H2,1-5H3/b23-11-. The minimum atomic E-state index is -0.585. The maximum Gasteiger partial charge on any atom is 0.344 e. The Bertz CT molecular complexity index is 1260. The van der Waals surface area contributed by atoms with E-state index in [9.17, 15) is 9.59 Å². The smallest absolute Gasteiger partial charge is 0.344 e. The predicted molar refractivity (Wildman–Crippen MR) is 125 cm³/mol. The molecule has 2 heterocycles. The Balaban J connectivity index is 1.57. The van der Waals surface area contributed by atoms with Crippen molar-refractivity contribution in [1.82, 2.24) is 4.57 Å². The van der Waals surface area contributed by atoms with Gasteiger partial charge in [0.25, 0.3) is 0 Å². The van der Waals surface area contributed by atoms with Gasteiger partial charge in [0.05, 0.1) is 12.7 Å². The summed E-state index contributed by atoms with van der Waals surface area (Å²) < 4.78 is 24.1. The molecule has 7 heteroatoms. The van der Waals surface area contributed by atoms with E-state index in [-0.39, 0.29) is 18.1 Å². The SMILES string of the molecule is CCn1cc(/C=C2\Oc3cc(OCC(=O)OC(C)(C)C)ccc3C2=O)c2cc(OC)ccc21. The molecule has 0 radical (unpaired) electrons. The summed E-state index contributed by atoms with van der Waals surface area (Å²) in [4.78, 5) is 24.8. The van der Waals surface area contributed by atoms with Crippen LogP contribution >= 0.6 is 0 Å². The fourth-order valence-corrected chi connectivity index (χ4v) is 3.72. The number of fused-ring (bicyclic) bond motifs is 2. The Morgan fingerprint density at radius 1 is 1.12 bits per heavy atom. The minimum Gasteiger partial charge on any atom is -0.497 e. The Hall–Kier alpha value is -3.74. The number of carbonyl (C=O) groups is 2. The summed E-state index contributed by atoms with van der Waals surface area (Å²) in [6.45, 7) is 8.00. The van der Waals surface area contributed by atoms with E-state index in [0.717, 1.165) is 28.8 Å². The first-order valence-corrected chi connectivity index (χ1v) is 10.8. The molecule has 1 aromatic heterocycles. The third-order valence-electron chi connectivity index (χ3n) is 5.16. The molecule has 0 atom stereocenters. The van der Waals surface area contributed by atoms with E-state index >= 15 is 0 Å². The number of nitrogens with zero attached hydrogens (tertiary/aromatic N) is 1. The molecule has 0 saturated carbocycles. The lowest BCUT2D eigenvalue weighted by molar-refractivity contribution is -0.157. The van der Waals surface area contributed by atoms with Crippen molar-refractivity contribution in [3.05, 3.63) is 59.5 Å². The van der Waals surface area contributed by atoms with Gasteiger partial charge in [-0.2, -0.15) is 0 Å². The zero-order valence-electron chi connectivity index (χ0n) is 19.4. The number of hydrogen-bond donors (Lipinski definition) is 0. The van der Waals surface area contributed by atoms with Crippen LogP contribution in [0.1, 0.15) is 43.6 Å². The van der Waals surface area contributed by atoms with Crippen LogP contribution in [0, 0.1) is 0 Å². The molecule has 0 bridgehead atoms. The van der Waals surface area contributed by atoms with Crippen LogP contribution in [-0.2, 0) is 16.1 Å². The normalized spacial score (nSPS) is 14.3. The molecule has 33 heavy (non-hydrogen) atoms. The fraction of sp³-hybridized carbons (Fsp3) is 0.308. The average molecular weight is 450 g/mol. The molecule has 0 unspecified atom stereocenters. The van der Waals surface area contributed by atoms with Crippen molar-refractivity contribution in [1.29, 1.82) is 0 Å². The average Bonchev–Trinajstić information content (AvgIpc) is 3.27. The van der Waals surface area contributed by atoms with Gasteiger partial charge in [0.15, 0.2) is 12.4 Å². The molecule has 7 nitrogen and oxygen atoms in total. The maximum atomic E-state index is 12.9. The van der Waals surface area contributed by atoms with Gasteiger partial charge in [-0.25, -0.2) is 4.79 Å². The van der Waals surface area contributed by atoms with Crippen LogP contribution in [0.4, 0.5) is 0 Å². The summed E-state index contributed by atoms with van der Waals surface area (Å²) in [5.41, 5.74) is 1.77. The van der Waals surface area contributed by atoms with Crippen LogP contribution in [0.2, 0.25) is 0 Å². The molecule has 0 fully saturated rings. The lowest BCUT2D eigenvalue weighted by Gasteiger charge is -2.19. The third-order valence-corrected chi connectivity index (χ3v) is 5.16.